The first-order chi connectivity index (χ1) is 10.1. The predicted molar refractivity (Wildman–Crippen MR) is 81.5 cm³/mol. The van der Waals surface area contributed by atoms with E-state index in [0.717, 1.165) is 0 Å². The average Bonchev–Trinajstić information content (AvgIpc) is 2.50. The third kappa shape index (κ3) is 3.40. The lowest BCUT2D eigenvalue weighted by atomic mass is 10.2. The lowest BCUT2D eigenvalue weighted by Crippen LogP contribution is -1.95. The lowest BCUT2D eigenvalue weighted by Gasteiger charge is -2.13. The lowest BCUT2D eigenvalue weighted by molar-refractivity contribution is 0.112. The van der Waals surface area contributed by atoms with E-state index in [1.165, 1.54) is 19.2 Å². The molecule has 0 aliphatic carbocycles. The predicted octanol–water partition coefficient (Wildman–Crippen LogP) is 4.62. The summed E-state index contributed by atoms with van der Waals surface area (Å²) in [5, 5.41) is 0.581. The van der Waals surface area contributed by atoms with Crippen molar-refractivity contribution < 1.29 is 19.0 Å². The van der Waals surface area contributed by atoms with Gasteiger partial charge in [-0.15, -0.1) is 0 Å². The molecule has 0 aliphatic rings. The van der Waals surface area contributed by atoms with Gasteiger partial charge in [0.15, 0.2) is 17.8 Å². The zero-order chi connectivity index (χ0) is 15.4. The highest BCUT2D eigenvalue weighted by Gasteiger charge is 2.12. The van der Waals surface area contributed by atoms with Gasteiger partial charge in [0, 0.05) is 12.1 Å². The summed E-state index contributed by atoms with van der Waals surface area (Å²) in [4.78, 5) is 11.1. The van der Waals surface area contributed by atoms with Gasteiger partial charge in [0.05, 0.1) is 29.8 Å². The third-order valence-corrected chi connectivity index (χ3v) is 3.49. The molecule has 0 amide bonds. The van der Waals surface area contributed by atoms with Crippen LogP contribution in [-0.4, -0.2) is 20.5 Å². The quantitative estimate of drug-likeness (QED) is 0.752. The first kappa shape index (κ1) is 15.5. The first-order valence-electron chi connectivity index (χ1n) is 5.93. The van der Waals surface area contributed by atoms with Crippen LogP contribution in [0.3, 0.4) is 0 Å². The number of ether oxygens (including phenoxy) is 3. The van der Waals surface area contributed by atoms with Crippen LogP contribution in [0.25, 0.3) is 0 Å². The maximum absolute atomic E-state index is 11.1. The fourth-order valence-electron chi connectivity index (χ4n) is 1.70. The van der Waals surface area contributed by atoms with Gasteiger partial charge in [-0.05, 0) is 18.2 Å². The van der Waals surface area contributed by atoms with Gasteiger partial charge in [-0.2, -0.15) is 0 Å². The smallest absolute Gasteiger partial charge is 0.169 e. The van der Waals surface area contributed by atoms with Crippen molar-refractivity contribution in [2.24, 2.45) is 0 Å². The summed E-state index contributed by atoms with van der Waals surface area (Å²) >= 11 is 11.8. The number of rotatable bonds is 5. The normalized spacial score (nSPS) is 10.1. The second-order valence-corrected chi connectivity index (χ2v) is 4.86. The molecule has 4 nitrogen and oxygen atoms in total. The minimum absolute atomic E-state index is 0.285. The molecular formula is C15H12Cl2O4. The minimum Gasteiger partial charge on any atom is -0.497 e. The maximum atomic E-state index is 11.1. The van der Waals surface area contributed by atoms with E-state index in [1.54, 1.807) is 25.3 Å². The molecular weight excluding hydrogens is 315 g/mol. The molecule has 0 atom stereocenters. The Bertz CT molecular complexity index is 671. The van der Waals surface area contributed by atoms with Crippen LogP contribution < -0.4 is 14.2 Å². The van der Waals surface area contributed by atoms with Crippen LogP contribution >= 0.6 is 23.2 Å². The van der Waals surface area contributed by atoms with Crippen LogP contribution in [-0.2, 0) is 0 Å². The van der Waals surface area contributed by atoms with Gasteiger partial charge in [-0.25, -0.2) is 0 Å². The molecule has 0 heterocycles. The van der Waals surface area contributed by atoms with E-state index in [4.69, 9.17) is 37.4 Å². The Hall–Kier alpha value is -1.91. The topological polar surface area (TPSA) is 44.8 Å². The van der Waals surface area contributed by atoms with Crippen molar-refractivity contribution in [3.63, 3.8) is 0 Å². The SMILES string of the molecule is COc1ccc(Oc2cc(Cl)c(Cl)cc2C=O)c(OC)c1. The number of benzene rings is 2. The molecule has 0 saturated carbocycles. The Morgan fingerprint density at radius 1 is 0.905 bits per heavy atom. The summed E-state index contributed by atoms with van der Waals surface area (Å²) in [6.07, 6.45) is 0.646. The molecule has 0 saturated heterocycles. The highest BCUT2D eigenvalue weighted by Crippen LogP contribution is 2.37. The molecule has 21 heavy (non-hydrogen) atoms. The van der Waals surface area contributed by atoms with E-state index in [0.29, 0.717) is 39.9 Å². The monoisotopic (exact) mass is 326 g/mol. The molecule has 0 radical (unpaired) electrons. The van der Waals surface area contributed by atoms with Crippen molar-refractivity contribution in [3.8, 4) is 23.0 Å². The second-order valence-electron chi connectivity index (χ2n) is 4.04. The van der Waals surface area contributed by atoms with E-state index in [1.807, 2.05) is 0 Å². The summed E-state index contributed by atoms with van der Waals surface area (Å²) in [6, 6.07) is 8.00. The highest BCUT2D eigenvalue weighted by molar-refractivity contribution is 6.42. The van der Waals surface area contributed by atoms with E-state index in [-0.39, 0.29) is 5.02 Å². The van der Waals surface area contributed by atoms with Crippen LogP contribution in [0.15, 0.2) is 30.3 Å². The number of aldehydes is 1. The van der Waals surface area contributed by atoms with Gasteiger partial charge in [0.1, 0.15) is 11.5 Å². The Morgan fingerprint density at radius 2 is 1.62 bits per heavy atom. The van der Waals surface area contributed by atoms with Crippen molar-refractivity contribution in [2.45, 2.75) is 0 Å². The van der Waals surface area contributed by atoms with Crippen LogP contribution in [0.2, 0.25) is 10.0 Å². The van der Waals surface area contributed by atoms with Gasteiger partial charge in [-0.3, -0.25) is 4.79 Å². The summed E-state index contributed by atoms with van der Waals surface area (Å²) in [5.41, 5.74) is 0.294. The largest absolute Gasteiger partial charge is 0.497 e. The Kier molecular flexibility index (Phi) is 4.94. The zero-order valence-electron chi connectivity index (χ0n) is 11.4. The van der Waals surface area contributed by atoms with Crippen molar-refractivity contribution in [1.82, 2.24) is 0 Å². The minimum atomic E-state index is 0.285. The molecule has 0 unspecified atom stereocenters. The van der Waals surface area contributed by atoms with E-state index < -0.39 is 0 Å². The summed E-state index contributed by atoms with van der Waals surface area (Å²) < 4.78 is 16.0. The molecule has 2 aromatic rings. The molecule has 0 aromatic heterocycles. The molecule has 2 rings (SSSR count). The van der Waals surface area contributed by atoms with Crippen LogP contribution in [0.4, 0.5) is 0 Å². The number of methoxy groups -OCH3 is 2. The van der Waals surface area contributed by atoms with Gasteiger partial charge in [0.2, 0.25) is 0 Å². The van der Waals surface area contributed by atoms with Crippen LogP contribution in [0.5, 0.6) is 23.0 Å². The molecule has 0 aliphatic heterocycles. The molecule has 110 valence electrons. The molecule has 6 heteroatoms. The second kappa shape index (κ2) is 6.70. The third-order valence-electron chi connectivity index (χ3n) is 2.77. The van der Waals surface area contributed by atoms with Gasteiger partial charge in [0.25, 0.3) is 0 Å². The van der Waals surface area contributed by atoms with E-state index in [2.05, 4.69) is 0 Å². The number of carbonyl (C=O) groups excluding carboxylic acids is 1. The molecule has 2 aromatic carbocycles. The molecule has 0 fully saturated rings. The van der Waals surface area contributed by atoms with E-state index in [9.17, 15) is 4.79 Å². The average molecular weight is 327 g/mol. The summed E-state index contributed by atoms with van der Waals surface area (Å²) in [5.74, 6) is 1.82. The van der Waals surface area contributed by atoms with Gasteiger partial charge in [-0.1, -0.05) is 23.2 Å². The Labute approximate surface area is 132 Å². The summed E-state index contributed by atoms with van der Waals surface area (Å²) in [6.45, 7) is 0. The van der Waals surface area contributed by atoms with Crippen molar-refractivity contribution in [1.29, 1.82) is 0 Å². The fraction of sp³-hybridized carbons (Fsp3) is 0.133. The Balaban J connectivity index is 2.42. The van der Waals surface area contributed by atoms with Crippen LogP contribution in [0, 0.1) is 0 Å². The zero-order valence-corrected chi connectivity index (χ0v) is 12.9. The maximum Gasteiger partial charge on any atom is 0.169 e. The Morgan fingerprint density at radius 3 is 2.24 bits per heavy atom. The van der Waals surface area contributed by atoms with Crippen LogP contribution in [0.1, 0.15) is 10.4 Å². The van der Waals surface area contributed by atoms with Crippen molar-refractivity contribution >= 4 is 29.5 Å². The fourth-order valence-corrected chi connectivity index (χ4v) is 2.03. The first-order valence-corrected chi connectivity index (χ1v) is 6.68. The number of hydrogen-bond acceptors (Lipinski definition) is 4. The molecule has 0 spiro atoms. The molecule has 0 N–H and O–H groups in total. The number of halogens is 2. The van der Waals surface area contributed by atoms with Crippen molar-refractivity contribution in [2.75, 3.05) is 14.2 Å². The number of hydrogen-bond donors (Lipinski definition) is 0. The molecule has 0 bridgehead atoms. The number of carbonyl (C=O) groups is 1. The van der Waals surface area contributed by atoms with Gasteiger partial charge < -0.3 is 14.2 Å². The highest BCUT2D eigenvalue weighted by atomic mass is 35.5. The van der Waals surface area contributed by atoms with E-state index >= 15 is 0 Å². The van der Waals surface area contributed by atoms with Gasteiger partial charge >= 0.3 is 0 Å². The van der Waals surface area contributed by atoms with Crippen molar-refractivity contribution in [3.05, 3.63) is 45.9 Å². The summed E-state index contributed by atoms with van der Waals surface area (Å²) in [7, 11) is 3.07. The standard InChI is InChI=1S/C15H12Cl2O4/c1-19-10-3-4-13(15(6-10)20-2)21-14-7-12(17)11(16)5-9(14)8-18/h3-8H,1-2H3.